The first-order valence-corrected chi connectivity index (χ1v) is 8.53. The molecule has 21 heavy (non-hydrogen) atoms. The highest BCUT2D eigenvalue weighted by Crippen LogP contribution is 2.28. The summed E-state index contributed by atoms with van der Waals surface area (Å²) < 4.78 is 4.11. The first-order chi connectivity index (χ1) is 10.2. The molecule has 0 bridgehead atoms. The second kappa shape index (κ2) is 6.62. The van der Waals surface area contributed by atoms with Gasteiger partial charge in [-0.05, 0) is 50.3 Å². The number of nitrogen functional groups attached to an aromatic ring is 1. The summed E-state index contributed by atoms with van der Waals surface area (Å²) >= 11 is 1.27. The number of rotatable bonds is 6. The lowest BCUT2D eigenvalue weighted by molar-refractivity contribution is 0.0953. The first kappa shape index (κ1) is 14.6. The smallest absolute Gasteiger partial charge is 0.258 e. The van der Waals surface area contributed by atoms with Crippen LogP contribution < -0.4 is 16.4 Å². The minimum Gasteiger partial charge on any atom is -0.382 e. The lowest BCUT2D eigenvalue weighted by Crippen LogP contribution is -2.34. The standard InChI is InChI=1S/C14H23N5OS/c15-12-11(13(20)17-10-4-5-10)14(21-18-12)16-6-9-19-7-2-1-3-8-19/h10,16H,1-9H2,(H2,15,18)(H,17,20). The quantitative estimate of drug-likeness (QED) is 0.742. The molecule has 1 aromatic rings. The number of carbonyl (C=O) groups is 1. The van der Waals surface area contributed by atoms with Gasteiger partial charge in [-0.2, -0.15) is 4.37 Å². The Balaban J connectivity index is 1.53. The van der Waals surface area contributed by atoms with E-state index in [1.165, 1.54) is 43.9 Å². The van der Waals surface area contributed by atoms with Gasteiger partial charge in [0.05, 0.1) is 0 Å². The van der Waals surface area contributed by atoms with Gasteiger partial charge in [-0.25, -0.2) is 0 Å². The lowest BCUT2D eigenvalue weighted by Gasteiger charge is -2.26. The van der Waals surface area contributed by atoms with Gasteiger partial charge in [0.1, 0.15) is 10.6 Å². The maximum absolute atomic E-state index is 12.2. The van der Waals surface area contributed by atoms with Gasteiger partial charge in [0.25, 0.3) is 5.91 Å². The number of carbonyl (C=O) groups excluding carboxylic acids is 1. The number of amides is 1. The molecule has 1 aliphatic heterocycles. The number of aromatic nitrogens is 1. The van der Waals surface area contributed by atoms with Crippen molar-refractivity contribution in [3.63, 3.8) is 0 Å². The second-order valence-electron chi connectivity index (χ2n) is 5.85. The van der Waals surface area contributed by atoms with Crippen LogP contribution in [0.4, 0.5) is 10.8 Å². The van der Waals surface area contributed by atoms with Crippen LogP contribution in [0.3, 0.4) is 0 Å². The zero-order valence-corrected chi connectivity index (χ0v) is 13.0. The molecule has 3 rings (SSSR count). The van der Waals surface area contributed by atoms with E-state index in [1.54, 1.807) is 0 Å². The third-order valence-electron chi connectivity index (χ3n) is 4.02. The summed E-state index contributed by atoms with van der Waals surface area (Å²) in [5.41, 5.74) is 6.36. The molecule has 2 aliphatic rings. The van der Waals surface area contributed by atoms with Crippen LogP contribution in [0, 0.1) is 0 Å². The number of hydrogen-bond acceptors (Lipinski definition) is 6. The van der Waals surface area contributed by atoms with E-state index in [4.69, 9.17) is 5.73 Å². The van der Waals surface area contributed by atoms with Crippen LogP contribution >= 0.6 is 11.5 Å². The highest BCUT2D eigenvalue weighted by Gasteiger charge is 2.27. The van der Waals surface area contributed by atoms with E-state index in [1.807, 2.05) is 0 Å². The van der Waals surface area contributed by atoms with Crippen LogP contribution in [0.1, 0.15) is 42.5 Å². The third kappa shape index (κ3) is 3.85. The number of likely N-dealkylation sites (tertiary alicyclic amines) is 1. The lowest BCUT2D eigenvalue weighted by atomic mass is 10.1. The van der Waals surface area contributed by atoms with E-state index < -0.39 is 0 Å². The Morgan fingerprint density at radius 3 is 2.81 bits per heavy atom. The topological polar surface area (TPSA) is 83.3 Å². The maximum atomic E-state index is 12.2. The maximum Gasteiger partial charge on any atom is 0.258 e. The minimum absolute atomic E-state index is 0.0933. The van der Waals surface area contributed by atoms with Gasteiger partial charge in [0.15, 0.2) is 5.82 Å². The fraction of sp³-hybridized carbons (Fsp3) is 0.714. The van der Waals surface area contributed by atoms with Crippen molar-refractivity contribution in [3.05, 3.63) is 5.56 Å². The Kier molecular flexibility index (Phi) is 4.60. The average Bonchev–Trinajstić information content (AvgIpc) is 3.22. The fourth-order valence-corrected chi connectivity index (χ4v) is 3.37. The molecule has 7 heteroatoms. The minimum atomic E-state index is -0.0933. The van der Waals surface area contributed by atoms with Crippen LogP contribution in [0.15, 0.2) is 0 Å². The van der Waals surface area contributed by atoms with Crippen molar-refractivity contribution in [3.8, 4) is 0 Å². The summed E-state index contributed by atoms with van der Waals surface area (Å²) in [7, 11) is 0. The second-order valence-corrected chi connectivity index (χ2v) is 6.62. The third-order valence-corrected chi connectivity index (χ3v) is 4.84. The molecule has 0 radical (unpaired) electrons. The van der Waals surface area contributed by atoms with Gasteiger partial charge in [-0.1, -0.05) is 6.42 Å². The Morgan fingerprint density at radius 2 is 2.10 bits per heavy atom. The van der Waals surface area contributed by atoms with Crippen molar-refractivity contribution in [2.45, 2.75) is 38.1 Å². The van der Waals surface area contributed by atoms with E-state index in [9.17, 15) is 4.79 Å². The molecular formula is C14H23N5OS. The number of piperidine rings is 1. The molecule has 1 saturated heterocycles. The van der Waals surface area contributed by atoms with E-state index in [0.29, 0.717) is 17.4 Å². The number of anilines is 2. The molecule has 1 amide bonds. The molecule has 0 atom stereocenters. The van der Waals surface area contributed by atoms with Crippen LogP contribution in [-0.4, -0.2) is 47.4 Å². The molecule has 6 nitrogen and oxygen atoms in total. The van der Waals surface area contributed by atoms with Crippen molar-refractivity contribution in [1.82, 2.24) is 14.6 Å². The molecule has 4 N–H and O–H groups in total. The first-order valence-electron chi connectivity index (χ1n) is 7.76. The molecule has 1 aromatic heterocycles. The zero-order valence-electron chi connectivity index (χ0n) is 12.2. The van der Waals surface area contributed by atoms with E-state index in [0.717, 1.165) is 30.9 Å². The van der Waals surface area contributed by atoms with Gasteiger partial charge in [0.2, 0.25) is 0 Å². The summed E-state index contributed by atoms with van der Waals surface area (Å²) in [5, 5.41) is 7.10. The zero-order chi connectivity index (χ0) is 14.7. The summed E-state index contributed by atoms with van der Waals surface area (Å²) in [4.78, 5) is 14.7. The number of nitrogens with zero attached hydrogens (tertiary/aromatic N) is 2. The number of hydrogen-bond donors (Lipinski definition) is 3. The Labute approximate surface area is 129 Å². The van der Waals surface area contributed by atoms with Crippen LogP contribution in [0.25, 0.3) is 0 Å². The van der Waals surface area contributed by atoms with Gasteiger partial charge >= 0.3 is 0 Å². The Morgan fingerprint density at radius 1 is 1.33 bits per heavy atom. The van der Waals surface area contributed by atoms with Gasteiger partial charge in [0, 0.05) is 19.1 Å². The van der Waals surface area contributed by atoms with Crippen molar-refractivity contribution in [1.29, 1.82) is 0 Å². The van der Waals surface area contributed by atoms with Gasteiger partial charge in [-0.15, -0.1) is 0 Å². The van der Waals surface area contributed by atoms with E-state index >= 15 is 0 Å². The van der Waals surface area contributed by atoms with Crippen LogP contribution in [-0.2, 0) is 0 Å². The van der Waals surface area contributed by atoms with E-state index in [2.05, 4.69) is 19.9 Å². The fourth-order valence-electron chi connectivity index (χ4n) is 2.64. The predicted octanol–water partition coefficient (Wildman–Crippen LogP) is 1.52. The van der Waals surface area contributed by atoms with Gasteiger partial charge < -0.3 is 21.3 Å². The largest absolute Gasteiger partial charge is 0.382 e. The highest BCUT2D eigenvalue weighted by molar-refractivity contribution is 7.11. The molecule has 0 unspecified atom stereocenters. The van der Waals surface area contributed by atoms with Gasteiger partial charge in [-0.3, -0.25) is 4.79 Å². The van der Waals surface area contributed by atoms with Crippen molar-refractivity contribution in [2.75, 3.05) is 37.2 Å². The summed E-state index contributed by atoms with van der Waals surface area (Å²) in [6.07, 6.45) is 6.08. The molecule has 2 heterocycles. The Bertz CT molecular complexity index is 494. The number of nitrogens with two attached hydrogens (primary N) is 1. The summed E-state index contributed by atoms with van der Waals surface area (Å²) in [6, 6.07) is 0.331. The van der Waals surface area contributed by atoms with E-state index in [-0.39, 0.29) is 5.91 Å². The average molecular weight is 309 g/mol. The predicted molar refractivity (Wildman–Crippen MR) is 85.8 cm³/mol. The number of nitrogens with one attached hydrogen (secondary N) is 2. The van der Waals surface area contributed by atoms with Crippen molar-refractivity contribution >= 4 is 28.3 Å². The molecule has 1 saturated carbocycles. The summed E-state index contributed by atoms with van der Waals surface area (Å²) in [6.45, 7) is 4.19. The molecule has 116 valence electrons. The SMILES string of the molecule is Nc1nsc(NCCN2CCCCC2)c1C(=O)NC1CC1. The highest BCUT2D eigenvalue weighted by atomic mass is 32.1. The molecule has 1 aliphatic carbocycles. The molecular weight excluding hydrogens is 286 g/mol. The normalized spacial score (nSPS) is 19.4. The van der Waals surface area contributed by atoms with Crippen LogP contribution in [0.2, 0.25) is 0 Å². The molecule has 2 fully saturated rings. The molecule has 0 aromatic carbocycles. The van der Waals surface area contributed by atoms with Crippen molar-refractivity contribution in [2.24, 2.45) is 0 Å². The Hall–Kier alpha value is -1.34. The molecule has 0 spiro atoms. The summed E-state index contributed by atoms with van der Waals surface area (Å²) in [5.74, 6) is 0.239. The monoisotopic (exact) mass is 309 g/mol. The van der Waals surface area contributed by atoms with Crippen molar-refractivity contribution < 1.29 is 4.79 Å². The van der Waals surface area contributed by atoms with Crippen LogP contribution in [0.5, 0.6) is 0 Å².